The molecule has 4 nitrogen and oxygen atoms in total. The second-order valence-electron chi connectivity index (χ2n) is 2.69. The molecule has 1 heterocycles. The van der Waals surface area contributed by atoms with Crippen LogP contribution in [-0.2, 0) is 4.79 Å². The standard InChI is InChI=1S/C6H11NO3/c1-3-2-7-4(5(3)8)6(9)10/h3-5,7-8H,2H2,1H3,(H,9,10). The third kappa shape index (κ3) is 1.12. The van der Waals surface area contributed by atoms with Crippen LogP contribution in [0.3, 0.4) is 0 Å². The first-order chi connectivity index (χ1) is 4.63. The number of hydrogen-bond acceptors (Lipinski definition) is 3. The number of aliphatic hydroxyl groups excluding tert-OH is 1. The highest BCUT2D eigenvalue weighted by molar-refractivity contribution is 5.74. The van der Waals surface area contributed by atoms with Gasteiger partial charge in [-0.3, -0.25) is 4.79 Å². The van der Waals surface area contributed by atoms with Gasteiger partial charge in [0.2, 0.25) is 0 Å². The van der Waals surface area contributed by atoms with Crippen LogP contribution in [0.2, 0.25) is 0 Å². The van der Waals surface area contributed by atoms with Crippen LogP contribution in [0.5, 0.6) is 0 Å². The molecule has 0 amide bonds. The molecule has 1 saturated heterocycles. The number of carboxylic acids is 1. The molecule has 0 aromatic carbocycles. The number of aliphatic carboxylic acids is 1. The van der Waals surface area contributed by atoms with Gasteiger partial charge in [0.1, 0.15) is 6.04 Å². The van der Waals surface area contributed by atoms with Crippen molar-refractivity contribution in [1.29, 1.82) is 0 Å². The summed E-state index contributed by atoms with van der Waals surface area (Å²) in [6, 6.07) is -0.769. The average Bonchev–Trinajstić information content (AvgIpc) is 2.14. The highest BCUT2D eigenvalue weighted by Crippen LogP contribution is 2.13. The molecule has 0 aromatic heterocycles. The van der Waals surface area contributed by atoms with Crippen molar-refractivity contribution < 1.29 is 15.0 Å². The lowest BCUT2D eigenvalue weighted by Crippen LogP contribution is -2.38. The number of nitrogens with one attached hydrogen (secondary N) is 1. The van der Waals surface area contributed by atoms with Crippen molar-refractivity contribution in [2.75, 3.05) is 6.54 Å². The molecule has 1 fully saturated rings. The van der Waals surface area contributed by atoms with E-state index in [-0.39, 0.29) is 5.92 Å². The summed E-state index contributed by atoms with van der Waals surface area (Å²) in [6.07, 6.45) is -0.738. The Morgan fingerprint density at radius 1 is 1.70 bits per heavy atom. The van der Waals surface area contributed by atoms with Crippen LogP contribution < -0.4 is 5.32 Å². The molecule has 4 heteroatoms. The van der Waals surface area contributed by atoms with E-state index in [0.717, 1.165) is 0 Å². The molecule has 0 aliphatic carbocycles. The van der Waals surface area contributed by atoms with Crippen LogP contribution in [0.1, 0.15) is 6.92 Å². The van der Waals surface area contributed by atoms with E-state index in [4.69, 9.17) is 5.11 Å². The van der Waals surface area contributed by atoms with E-state index in [1.807, 2.05) is 6.92 Å². The van der Waals surface area contributed by atoms with Crippen molar-refractivity contribution in [1.82, 2.24) is 5.32 Å². The maximum absolute atomic E-state index is 10.3. The summed E-state index contributed by atoms with van der Waals surface area (Å²) in [5.74, 6) is -0.932. The second kappa shape index (κ2) is 2.56. The first kappa shape index (κ1) is 7.50. The number of carbonyl (C=O) groups is 1. The topological polar surface area (TPSA) is 69.6 Å². The van der Waals surface area contributed by atoms with Gasteiger partial charge in [0.15, 0.2) is 0 Å². The predicted octanol–water partition coefficient (Wildman–Crippen LogP) is -0.960. The number of rotatable bonds is 1. The Hall–Kier alpha value is -0.610. The van der Waals surface area contributed by atoms with Gasteiger partial charge in [-0.05, 0) is 5.92 Å². The van der Waals surface area contributed by atoms with Crippen LogP contribution in [0.15, 0.2) is 0 Å². The fourth-order valence-corrected chi connectivity index (χ4v) is 1.12. The third-order valence-corrected chi connectivity index (χ3v) is 1.85. The zero-order valence-electron chi connectivity index (χ0n) is 5.74. The van der Waals surface area contributed by atoms with Gasteiger partial charge in [-0.25, -0.2) is 0 Å². The van der Waals surface area contributed by atoms with Crippen molar-refractivity contribution in [2.24, 2.45) is 5.92 Å². The van der Waals surface area contributed by atoms with Crippen molar-refractivity contribution >= 4 is 5.97 Å². The molecule has 1 rings (SSSR count). The van der Waals surface area contributed by atoms with Crippen LogP contribution in [0.25, 0.3) is 0 Å². The highest BCUT2D eigenvalue weighted by Gasteiger charge is 2.35. The number of aliphatic hydroxyl groups is 1. The van der Waals surface area contributed by atoms with Crippen LogP contribution in [-0.4, -0.2) is 34.9 Å². The van der Waals surface area contributed by atoms with E-state index in [1.165, 1.54) is 0 Å². The Kier molecular flexibility index (Phi) is 1.92. The van der Waals surface area contributed by atoms with Crippen molar-refractivity contribution in [3.05, 3.63) is 0 Å². The molecule has 1 aliphatic heterocycles. The summed E-state index contributed by atoms with van der Waals surface area (Å²) in [7, 11) is 0. The van der Waals surface area contributed by atoms with Crippen molar-refractivity contribution in [3.63, 3.8) is 0 Å². The second-order valence-corrected chi connectivity index (χ2v) is 2.69. The molecule has 0 bridgehead atoms. The molecule has 10 heavy (non-hydrogen) atoms. The van der Waals surface area contributed by atoms with E-state index >= 15 is 0 Å². The maximum atomic E-state index is 10.3. The molecule has 0 spiro atoms. The molecule has 3 atom stereocenters. The van der Waals surface area contributed by atoms with Gasteiger partial charge in [-0.1, -0.05) is 6.92 Å². The maximum Gasteiger partial charge on any atom is 0.323 e. The number of carboxylic acid groups (broad SMARTS) is 1. The first-order valence-corrected chi connectivity index (χ1v) is 3.27. The average molecular weight is 145 g/mol. The van der Waals surface area contributed by atoms with E-state index in [1.54, 1.807) is 0 Å². The van der Waals surface area contributed by atoms with Gasteiger partial charge in [0.05, 0.1) is 6.10 Å². The van der Waals surface area contributed by atoms with E-state index < -0.39 is 18.1 Å². The number of hydrogen-bond donors (Lipinski definition) is 3. The summed E-state index contributed by atoms with van der Waals surface area (Å²) in [5.41, 5.74) is 0. The minimum atomic E-state index is -0.975. The Balaban J connectivity index is 2.57. The van der Waals surface area contributed by atoms with Gasteiger partial charge < -0.3 is 15.5 Å². The van der Waals surface area contributed by atoms with E-state index in [0.29, 0.717) is 6.54 Å². The fraction of sp³-hybridized carbons (Fsp3) is 0.833. The summed E-state index contributed by atoms with van der Waals surface area (Å²) < 4.78 is 0. The molecule has 1 aliphatic rings. The molecule has 3 N–H and O–H groups in total. The summed E-state index contributed by atoms with van der Waals surface area (Å²) in [5, 5.41) is 20.4. The zero-order valence-corrected chi connectivity index (χ0v) is 5.74. The van der Waals surface area contributed by atoms with E-state index in [2.05, 4.69) is 5.32 Å². The Labute approximate surface area is 58.9 Å². The SMILES string of the molecule is CC1CNC(C(=O)O)C1O. The Bertz CT molecular complexity index is 148. The normalized spacial score (nSPS) is 40.0. The monoisotopic (exact) mass is 145 g/mol. The summed E-state index contributed by atoms with van der Waals surface area (Å²) in [4.78, 5) is 10.3. The van der Waals surface area contributed by atoms with Gasteiger partial charge in [0, 0.05) is 6.54 Å². The molecule has 0 saturated carbocycles. The molecule has 58 valence electrons. The van der Waals surface area contributed by atoms with E-state index in [9.17, 15) is 9.90 Å². The lowest BCUT2D eigenvalue weighted by atomic mass is 10.0. The zero-order chi connectivity index (χ0) is 7.72. The van der Waals surface area contributed by atoms with Crippen LogP contribution in [0, 0.1) is 5.92 Å². The molecule has 0 aromatic rings. The first-order valence-electron chi connectivity index (χ1n) is 3.27. The smallest absolute Gasteiger partial charge is 0.323 e. The largest absolute Gasteiger partial charge is 0.480 e. The van der Waals surface area contributed by atoms with Gasteiger partial charge >= 0.3 is 5.97 Å². The minimum absolute atomic E-state index is 0.0427. The third-order valence-electron chi connectivity index (χ3n) is 1.85. The van der Waals surface area contributed by atoms with Crippen LogP contribution in [0.4, 0.5) is 0 Å². The van der Waals surface area contributed by atoms with Gasteiger partial charge in [-0.15, -0.1) is 0 Å². The van der Waals surface area contributed by atoms with Crippen molar-refractivity contribution in [2.45, 2.75) is 19.1 Å². The van der Waals surface area contributed by atoms with Gasteiger partial charge in [-0.2, -0.15) is 0 Å². The molecule has 3 unspecified atom stereocenters. The highest BCUT2D eigenvalue weighted by atomic mass is 16.4. The molecular weight excluding hydrogens is 134 g/mol. The summed E-state index contributed by atoms with van der Waals surface area (Å²) >= 11 is 0. The lowest BCUT2D eigenvalue weighted by molar-refractivity contribution is -0.141. The minimum Gasteiger partial charge on any atom is -0.480 e. The van der Waals surface area contributed by atoms with Crippen molar-refractivity contribution in [3.8, 4) is 0 Å². The Morgan fingerprint density at radius 2 is 2.30 bits per heavy atom. The Morgan fingerprint density at radius 3 is 2.50 bits per heavy atom. The summed E-state index contributed by atoms with van der Waals surface area (Å²) in [6.45, 7) is 2.40. The fourth-order valence-electron chi connectivity index (χ4n) is 1.12. The molecular formula is C6H11NO3. The quantitative estimate of drug-likeness (QED) is 0.444. The predicted molar refractivity (Wildman–Crippen MR) is 34.6 cm³/mol. The lowest BCUT2D eigenvalue weighted by Gasteiger charge is -2.10. The van der Waals surface area contributed by atoms with Crippen LogP contribution >= 0.6 is 0 Å². The van der Waals surface area contributed by atoms with Gasteiger partial charge in [0.25, 0.3) is 0 Å². The molecule has 0 radical (unpaired) electrons.